The highest BCUT2D eigenvalue weighted by Gasteiger charge is 2.23. The number of rotatable bonds is 8. The molecule has 0 radical (unpaired) electrons. The van der Waals surface area contributed by atoms with Gasteiger partial charge in [-0.2, -0.15) is 4.68 Å². The van der Waals surface area contributed by atoms with Crippen LogP contribution < -0.4 is 5.32 Å². The van der Waals surface area contributed by atoms with Crippen molar-refractivity contribution in [3.05, 3.63) is 59.4 Å². The minimum absolute atomic E-state index is 0.144. The topological polar surface area (TPSA) is 110 Å². The lowest BCUT2D eigenvalue weighted by Gasteiger charge is -2.29. The number of hydrogen-bond donors (Lipinski definition) is 1. The minimum Gasteiger partial charge on any atom is -0.348 e. The van der Waals surface area contributed by atoms with Crippen molar-refractivity contribution in [3.8, 4) is 16.8 Å². The first-order valence-corrected chi connectivity index (χ1v) is 14.1. The molecule has 36 heavy (non-hydrogen) atoms. The Labute approximate surface area is 212 Å². The molecule has 4 rings (SSSR count). The van der Waals surface area contributed by atoms with Crippen LogP contribution in [0.25, 0.3) is 16.8 Å². The van der Waals surface area contributed by atoms with Crippen molar-refractivity contribution in [3.63, 3.8) is 0 Å². The molecule has 1 saturated heterocycles. The van der Waals surface area contributed by atoms with Gasteiger partial charge in [-0.25, -0.2) is 8.42 Å². The fraction of sp³-hybridized carbons (Fsp3) is 0.462. The van der Waals surface area contributed by atoms with Gasteiger partial charge in [-0.15, -0.1) is 5.10 Å². The van der Waals surface area contributed by atoms with Crippen LogP contribution in [0, 0.1) is 12.8 Å². The number of nitrogens with zero attached hydrogens (tertiary/aromatic N) is 5. The highest BCUT2D eigenvalue weighted by atomic mass is 32.2. The number of aryl methyl sites for hydroxylation is 1. The Morgan fingerprint density at radius 2 is 1.72 bits per heavy atom. The second-order valence-electron chi connectivity index (χ2n) is 10.1. The third-order valence-electron chi connectivity index (χ3n) is 6.28. The molecule has 1 amide bonds. The van der Waals surface area contributed by atoms with Gasteiger partial charge in [0.05, 0.1) is 17.2 Å². The van der Waals surface area contributed by atoms with E-state index >= 15 is 0 Å². The molecule has 1 aliphatic heterocycles. The van der Waals surface area contributed by atoms with Crippen LogP contribution in [-0.4, -0.2) is 76.6 Å². The maximum absolute atomic E-state index is 13.3. The number of amides is 1. The second kappa shape index (κ2) is 10.9. The van der Waals surface area contributed by atoms with Gasteiger partial charge in [0.2, 0.25) is 0 Å². The highest BCUT2D eigenvalue weighted by Crippen LogP contribution is 2.25. The second-order valence-corrected chi connectivity index (χ2v) is 12.4. The summed E-state index contributed by atoms with van der Waals surface area (Å²) < 4.78 is 25.1. The predicted molar refractivity (Wildman–Crippen MR) is 140 cm³/mol. The lowest BCUT2D eigenvalue weighted by atomic mass is 10.00. The van der Waals surface area contributed by atoms with Crippen molar-refractivity contribution in [2.24, 2.45) is 5.92 Å². The summed E-state index contributed by atoms with van der Waals surface area (Å²) in [4.78, 5) is 15.4. The van der Waals surface area contributed by atoms with Crippen LogP contribution in [0.2, 0.25) is 0 Å². The molecule has 9 nitrogen and oxygen atoms in total. The van der Waals surface area contributed by atoms with E-state index in [1.165, 1.54) is 0 Å². The van der Waals surface area contributed by atoms with Crippen LogP contribution in [0.5, 0.6) is 0 Å². The molecule has 0 spiro atoms. The van der Waals surface area contributed by atoms with Gasteiger partial charge < -0.3 is 5.32 Å². The molecule has 0 bridgehead atoms. The van der Waals surface area contributed by atoms with Gasteiger partial charge in [0.1, 0.15) is 0 Å². The van der Waals surface area contributed by atoms with E-state index in [2.05, 4.69) is 39.6 Å². The summed E-state index contributed by atoms with van der Waals surface area (Å²) in [6.45, 7) is 9.78. The summed E-state index contributed by atoms with van der Waals surface area (Å²) in [5.41, 5.74) is 4.30. The molecule has 0 saturated carbocycles. The number of sulfone groups is 1. The molecule has 192 valence electrons. The van der Waals surface area contributed by atoms with Gasteiger partial charge in [-0.05, 0) is 59.5 Å². The fourth-order valence-electron chi connectivity index (χ4n) is 4.35. The normalized spacial score (nSPS) is 16.7. The van der Waals surface area contributed by atoms with E-state index in [0.717, 1.165) is 28.2 Å². The first-order valence-electron chi connectivity index (χ1n) is 12.3. The summed E-state index contributed by atoms with van der Waals surface area (Å²) in [5.74, 6) is 1.26. The van der Waals surface area contributed by atoms with Gasteiger partial charge in [0.25, 0.3) is 5.91 Å². The Morgan fingerprint density at radius 3 is 2.39 bits per heavy atom. The standard InChI is InChI=1S/C26H34N6O3S/c1-18(2)13-25-28-29-30-32(25)24-15-22(21-7-5-19(3)6-8-21)14-23(16-24)26(33)27-20(4)17-31-9-11-36(34,35)12-10-31/h5-8,14-16,18,20H,9-13,17H2,1-4H3,(H,27,33)/t20-/m0/s1. The largest absolute Gasteiger partial charge is 0.348 e. The zero-order chi connectivity index (χ0) is 25.9. The maximum atomic E-state index is 13.3. The third kappa shape index (κ3) is 6.55. The van der Waals surface area contributed by atoms with Crippen LogP contribution in [0.15, 0.2) is 42.5 Å². The Morgan fingerprint density at radius 1 is 1.03 bits per heavy atom. The molecule has 10 heteroatoms. The maximum Gasteiger partial charge on any atom is 0.251 e. The number of carbonyl (C=O) groups excluding carboxylic acids is 1. The van der Waals surface area contributed by atoms with Crippen LogP contribution >= 0.6 is 0 Å². The van der Waals surface area contributed by atoms with Gasteiger partial charge in [0.15, 0.2) is 15.7 Å². The summed E-state index contributed by atoms with van der Waals surface area (Å²) in [7, 11) is -2.94. The van der Waals surface area contributed by atoms with E-state index in [1.54, 1.807) is 4.68 Å². The van der Waals surface area contributed by atoms with E-state index in [4.69, 9.17) is 0 Å². The molecule has 1 aromatic heterocycles. The number of tetrazole rings is 1. The van der Waals surface area contributed by atoms with Gasteiger partial charge in [-0.3, -0.25) is 9.69 Å². The van der Waals surface area contributed by atoms with E-state index in [1.807, 2.05) is 56.3 Å². The molecule has 0 aliphatic carbocycles. The smallest absolute Gasteiger partial charge is 0.251 e. The van der Waals surface area contributed by atoms with E-state index in [-0.39, 0.29) is 23.5 Å². The van der Waals surface area contributed by atoms with Crippen LogP contribution in [0.3, 0.4) is 0 Å². The number of benzene rings is 2. The number of hydrogen-bond acceptors (Lipinski definition) is 7. The van der Waals surface area contributed by atoms with E-state index in [9.17, 15) is 13.2 Å². The van der Waals surface area contributed by atoms with Crippen molar-refractivity contribution < 1.29 is 13.2 Å². The summed E-state index contributed by atoms with van der Waals surface area (Å²) in [6, 6.07) is 13.7. The number of carbonyl (C=O) groups is 1. The van der Waals surface area contributed by atoms with Crippen LogP contribution in [0.4, 0.5) is 0 Å². The van der Waals surface area contributed by atoms with Crippen molar-refractivity contribution in [2.75, 3.05) is 31.1 Å². The van der Waals surface area contributed by atoms with Gasteiger partial charge >= 0.3 is 0 Å². The van der Waals surface area contributed by atoms with Gasteiger partial charge in [-0.1, -0.05) is 43.7 Å². The third-order valence-corrected chi connectivity index (χ3v) is 7.89. The molecular formula is C26H34N6O3S. The summed E-state index contributed by atoms with van der Waals surface area (Å²) in [6.07, 6.45) is 0.714. The molecule has 1 N–H and O–H groups in total. The van der Waals surface area contributed by atoms with Crippen molar-refractivity contribution in [1.82, 2.24) is 30.4 Å². The first-order chi connectivity index (χ1) is 17.1. The molecule has 1 aliphatic rings. The molecule has 0 unspecified atom stereocenters. The first kappa shape index (κ1) is 26.0. The lowest BCUT2D eigenvalue weighted by Crippen LogP contribution is -2.47. The molecule has 2 heterocycles. The lowest BCUT2D eigenvalue weighted by molar-refractivity contribution is 0.0930. The summed E-state index contributed by atoms with van der Waals surface area (Å²) in [5, 5.41) is 15.4. The molecule has 3 aromatic rings. The average molecular weight is 511 g/mol. The quantitative estimate of drug-likeness (QED) is 0.496. The fourth-order valence-corrected chi connectivity index (χ4v) is 5.63. The monoisotopic (exact) mass is 510 g/mol. The molecule has 1 fully saturated rings. The van der Waals surface area contributed by atoms with E-state index in [0.29, 0.717) is 37.5 Å². The zero-order valence-electron chi connectivity index (χ0n) is 21.3. The summed E-state index contributed by atoms with van der Waals surface area (Å²) >= 11 is 0. The van der Waals surface area contributed by atoms with Crippen molar-refractivity contribution in [1.29, 1.82) is 0 Å². The van der Waals surface area contributed by atoms with Crippen molar-refractivity contribution in [2.45, 2.75) is 40.2 Å². The molecule has 1 atom stereocenters. The Kier molecular flexibility index (Phi) is 7.85. The molecule has 2 aromatic carbocycles. The highest BCUT2D eigenvalue weighted by molar-refractivity contribution is 7.91. The predicted octanol–water partition coefficient (Wildman–Crippen LogP) is 2.68. The van der Waals surface area contributed by atoms with Crippen LogP contribution in [0.1, 0.15) is 42.5 Å². The molecular weight excluding hydrogens is 476 g/mol. The zero-order valence-corrected chi connectivity index (χ0v) is 22.1. The Balaban J connectivity index is 1.60. The van der Waals surface area contributed by atoms with Crippen molar-refractivity contribution >= 4 is 15.7 Å². The van der Waals surface area contributed by atoms with Crippen LogP contribution in [-0.2, 0) is 16.3 Å². The number of aromatic nitrogens is 4. The van der Waals surface area contributed by atoms with E-state index < -0.39 is 9.84 Å². The average Bonchev–Trinajstić information content (AvgIpc) is 3.28. The Bertz CT molecular complexity index is 1300. The number of nitrogens with one attached hydrogen (secondary N) is 1. The Hall–Kier alpha value is -3.11. The van der Waals surface area contributed by atoms with Gasteiger partial charge in [0, 0.05) is 37.7 Å². The minimum atomic E-state index is -2.94. The SMILES string of the molecule is Cc1ccc(-c2cc(C(=O)N[C@@H](C)CN3CCS(=O)(=O)CC3)cc(-n3nnnc3CC(C)C)c2)cc1.